The van der Waals surface area contributed by atoms with Gasteiger partial charge in [0.05, 0.1) is 6.61 Å². The number of fused-ring (bicyclic) bond motifs is 1. The summed E-state index contributed by atoms with van der Waals surface area (Å²) >= 11 is 0. The maximum Gasteiger partial charge on any atom is 0.251 e. The molecule has 32 heavy (non-hydrogen) atoms. The van der Waals surface area contributed by atoms with Crippen LogP contribution in [-0.4, -0.2) is 30.9 Å². The Labute approximate surface area is 188 Å². The van der Waals surface area contributed by atoms with E-state index in [4.69, 9.17) is 9.47 Å². The average molecular weight is 432 g/mol. The molecule has 2 aliphatic heterocycles. The monoisotopic (exact) mass is 431 g/mol. The van der Waals surface area contributed by atoms with E-state index >= 15 is 0 Å². The SMILES string of the molecule is CC1(C)OCC(CNC(=O)c2ccc(C3CC(c4cccc5ccccc45)NN3)cc2)O1. The fourth-order valence-electron chi connectivity index (χ4n) is 4.57. The van der Waals surface area contributed by atoms with Crippen molar-refractivity contribution in [2.45, 2.75) is 44.2 Å². The normalized spacial score (nSPS) is 24.6. The van der Waals surface area contributed by atoms with Crippen LogP contribution in [0.3, 0.4) is 0 Å². The first-order valence-corrected chi connectivity index (χ1v) is 11.2. The number of hydrogen-bond donors (Lipinski definition) is 3. The molecule has 3 unspecified atom stereocenters. The summed E-state index contributed by atoms with van der Waals surface area (Å²) in [5.74, 6) is -0.681. The number of benzene rings is 3. The number of ether oxygens (including phenoxy) is 2. The van der Waals surface area contributed by atoms with Gasteiger partial charge in [-0.15, -0.1) is 0 Å². The van der Waals surface area contributed by atoms with E-state index in [2.05, 4.69) is 58.6 Å². The Bertz CT molecular complexity index is 1110. The molecule has 0 bridgehead atoms. The average Bonchev–Trinajstić information content (AvgIpc) is 3.43. The van der Waals surface area contributed by atoms with Crippen LogP contribution in [0.5, 0.6) is 0 Å². The van der Waals surface area contributed by atoms with Gasteiger partial charge in [-0.25, -0.2) is 10.9 Å². The maximum absolute atomic E-state index is 12.5. The molecule has 3 aromatic rings. The predicted molar refractivity (Wildman–Crippen MR) is 124 cm³/mol. The topological polar surface area (TPSA) is 71.6 Å². The van der Waals surface area contributed by atoms with Gasteiger partial charge in [0, 0.05) is 24.2 Å². The van der Waals surface area contributed by atoms with Gasteiger partial charge in [0.25, 0.3) is 5.91 Å². The highest BCUT2D eigenvalue weighted by atomic mass is 16.7. The minimum absolute atomic E-state index is 0.101. The van der Waals surface area contributed by atoms with E-state index in [1.807, 2.05) is 38.1 Å². The minimum atomic E-state index is -0.580. The van der Waals surface area contributed by atoms with Gasteiger partial charge < -0.3 is 14.8 Å². The highest BCUT2D eigenvalue weighted by Gasteiger charge is 2.32. The van der Waals surface area contributed by atoms with Gasteiger partial charge in [-0.05, 0) is 54.3 Å². The third kappa shape index (κ3) is 4.40. The molecule has 3 atom stereocenters. The molecular formula is C26H29N3O3. The van der Waals surface area contributed by atoms with Gasteiger partial charge in [0.2, 0.25) is 0 Å². The van der Waals surface area contributed by atoms with E-state index in [0.29, 0.717) is 18.7 Å². The van der Waals surface area contributed by atoms with Crippen LogP contribution in [0.4, 0.5) is 0 Å². The third-order valence-corrected chi connectivity index (χ3v) is 6.23. The van der Waals surface area contributed by atoms with Crippen molar-refractivity contribution in [2.75, 3.05) is 13.2 Å². The van der Waals surface area contributed by atoms with Gasteiger partial charge in [-0.2, -0.15) is 0 Å². The van der Waals surface area contributed by atoms with E-state index in [1.54, 1.807) is 0 Å². The van der Waals surface area contributed by atoms with Crippen LogP contribution in [0.1, 0.15) is 53.8 Å². The number of hydrogen-bond acceptors (Lipinski definition) is 5. The van der Waals surface area contributed by atoms with Gasteiger partial charge in [-0.1, -0.05) is 54.6 Å². The summed E-state index contributed by atoms with van der Waals surface area (Å²) in [6.07, 6.45) is 0.821. The lowest BCUT2D eigenvalue weighted by atomic mass is 9.93. The third-order valence-electron chi connectivity index (χ3n) is 6.23. The van der Waals surface area contributed by atoms with Crippen LogP contribution >= 0.6 is 0 Å². The summed E-state index contributed by atoms with van der Waals surface area (Å²) in [7, 11) is 0. The molecule has 3 aromatic carbocycles. The Morgan fingerprint density at radius 3 is 2.53 bits per heavy atom. The Morgan fingerprint density at radius 1 is 1.00 bits per heavy atom. The van der Waals surface area contributed by atoms with Crippen LogP contribution in [0.2, 0.25) is 0 Å². The summed E-state index contributed by atoms with van der Waals surface area (Å²) in [5.41, 5.74) is 9.98. The largest absolute Gasteiger partial charge is 0.349 e. The number of nitrogens with one attached hydrogen (secondary N) is 3. The Morgan fingerprint density at radius 2 is 1.75 bits per heavy atom. The highest BCUT2D eigenvalue weighted by molar-refractivity contribution is 5.94. The molecule has 0 spiro atoms. The van der Waals surface area contributed by atoms with Crippen LogP contribution in [0, 0.1) is 0 Å². The van der Waals surface area contributed by atoms with Crippen molar-refractivity contribution in [2.24, 2.45) is 0 Å². The van der Waals surface area contributed by atoms with E-state index in [0.717, 1.165) is 12.0 Å². The lowest BCUT2D eigenvalue weighted by Crippen LogP contribution is -2.34. The quantitative estimate of drug-likeness (QED) is 0.570. The number of amides is 1. The Hall–Kier alpha value is -2.77. The molecule has 0 aliphatic carbocycles. The van der Waals surface area contributed by atoms with Crippen molar-refractivity contribution in [3.05, 3.63) is 83.4 Å². The Balaban J connectivity index is 1.21. The summed E-state index contributed by atoms with van der Waals surface area (Å²) in [6.45, 7) is 4.68. The molecule has 6 nitrogen and oxygen atoms in total. The van der Waals surface area contributed by atoms with Crippen LogP contribution in [0.25, 0.3) is 10.8 Å². The van der Waals surface area contributed by atoms with Crippen LogP contribution in [0.15, 0.2) is 66.7 Å². The van der Waals surface area contributed by atoms with Crippen molar-refractivity contribution in [1.29, 1.82) is 0 Å². The van der Waals surface area contributed by atoms with Crippen molar-refractivity contribution >= 4 is 16.7 Å². The highest BCUT2D eigenvalue weighted by Crippen LogP contribution is 2.34. The molecule has 5 rings (SSSR count). The molecular weight excluding hydrogens is 402 g/mol. The summed E-state index contributed by atoms with van der Waals surface area (Å²) in [5, 5.41) is 5.47. The zero-order valence-corrected chi connectivity index (χ0v) is 18.4. The fraction of sp³-hybridized carbons (Fsp3) is 0.346. The zero-order valence-electron chi connectivity index (χ0n) is 18.4. The van der Waals surface area contributed by atoms with E-state index < -0.39 is 5.79 Å². The molecule has 2 fully saturated rings. The first-order valence-electron chi connectivity index (χ1n) is 11.2. The van der Waals surface area contributed by atoms with Crippen molar-refractivity contribution in [3.63, 3.8) is 0 Å². The van der Waals surface area contributed by atoms with Crippen molar-refractivity contribution in [3.8, 4) is 0 Å². The molecule has 2 saturated heterocycles. The standard InChI is InChI=1S/C26H29N3O3/c1-26(2)31-16-20(32-26)15-27-25(30)19-12-10-18(11-13-19)23-14-24(29-28-23)22-9-5-7-17-6-3-4-8-21(17)22/h3-13,20,23-24,28-29H,14-16H2,1-2H3,(H,27,30). The first kappa shape index (κ1) is 21.1. The smallest absolute Gasteiger partial charge is 0.251 e. The maximum atomic E-state index is 12.5. The van der Waals surface area contributed by atoms with E-state index in [9.17, 15) is 4.79 Å². The molecule has 2 heterocycles. The summed E-state index contributed by atoms with van der Waals surface area (Å²) in [4.78, 5) is 12.5. The van der Waals surface area contributed by atoms with Gasteiger partial charge in [0.1, 0.15) is 6.10 Å². The lowest BCUT2D eigenvalue weighted by molar-refractivity contribution is -0.137. The lowest BCUT2D eigenvalue weighted by Gasteiger charge is -2.17. The van der Waals surface area contributed by atoms with Gasteiger partial charge >= 0.3 is 0 Å². The second-order valence-corrected chi connectivity index (χ2v) is 8.98. The zero-order chi connectivity index (χ0) is 22.1. The number of carbonyl (C=O) groups is 1. The second kappa shape index (κ2) is 8.64. The van der Waals surface area contributed by atoms with Crippen LogP contribution in [-0.2, 0) is 9.47 Å². The van der Waals surface area contributed by atoms with Gasteiger partial charge in [-0.3, -0.25) is 4.79 Å². The number of hydrazine groups is 1. The molecule has 2 aliphatic rings. The van der Waals surface area contributed by atoms with Crippen molar-refractivity contribution in [1.82, 2.24) is 16.2 Å². The number of rotatable bonds is 5. The molecule has 6 heteroatoms. The molecule has 0 saturated carbocycles. The minimum Gasteiger partial charge on any atom is -0.349 e. The molecule has 1 amide bonds. The molecule has 0 aromatic heterocycles. The number of carbonyl (C=O) groups excluding carboxylic acids is 1. The summed E-state index contributed by atoms with van der Waals surface area (Å²) in [6, 6.07) is 23.2. The van der Waals surface area contributed by atoms with Crippen LogP contribution < -0.4 is 16.2 Å². The Kier molecular flexibility index (Phi) is 5.69. The first-order chi connectivity index (χ1) is 15.5. The molecule has 3 N–H and O–H groups in total. The summed E-state index contributed by atoms with van der Waals surface area (Å²) < 4.78 is 11.3. The van der Waals surface area contributed by atoms with E-state index in [1.165, 1.54) is 16.3 Å². The van der Waals surface area contributed by atoms with E-state index in [-0.39, 0.29) is 24.1 Å². The second-order valence-electron chi connectivity index (χ2n) is 8.98. The predicted octanol–water partition coefficient (Wildman–Crippen LogP) is 4.00. The fourth-order valence-corrected chi connectivity index (χ4v) is 4.57. The molecule has 166 valence electrons. The molecule has 0 radical (unpaired) electrons. The van der Waals surface area contributed by atoms with Gasteiger partial charge in [0.15, 0.2) is 5.79 Å². The van der Waals surface area contributed by atoms with Crippen molar-refractivity contribution < 1.29 is 14.3 Å².